The molecular weight excluding hydrogens is 248 g/mol. The van der Waals surface area contributed by atoms with Crippen molar-refractivity contribution in [2.24, 2.45) is 0 Å². The van der Waals surface area contributed by atoms with Gasteiger partial charge in [0.1, 0.15) is 18.3 Å². The maximum absolute atomic E-state index is 5.98. The van der Waals surface area contributed by atoms with Crippen LogP contribution in [0.2, 0.25) is 0 Å². The van der Waals surface area contributed by atoms with E-state index in [1.165, 1.54) is 0 Å². The van der Waals surface area contributed by atoms with Crippen LogP contribution in [0.1, 0.15) is 11.9 Å². The summed E-state index contributed by atoms with van der Waals surface area (Å²) < 4.78 is 28.1. The van der Waals surface area contributed by atoms with Crippen LogP contribution in [0, 0.1) is 0 Å². The molecule has 19 heavy (non-hydrogen) atoms. The maximum Gasteiger partial charge on any atom is 0.186 e. The van der Waals surface area contributed by atoms with Gasteiger partial charge < -0.3 is 23.7 Å². The molecule has 5 nitrogen and oxygen atoms in total. The lowest BCUT2D eigenvalue weighted by molar-refractivity contribution is -0.254. The maximum atomic E-state index is 5.98. The molecule has 2 aliphatic rings. The molecule has 0 spiro atoms. The molecule has 0 radical (unpaired) electrons. The molecule has 3 rings (SSSR count). The summed E-state index contributed by atoms with van der Waals surface area (Å²) in [6, 6.07) is 9.86. The predicted octanol–water partition coefficient (Wildman–Crippen LogP) is 1.49. The molecule has 5 heteroatoms. The fourth-order valence-electron chi connectivity index (χ4n) is 2.58. The molecule has 0 N–H and O–H groups in total. The van der Waals surface area contributed by atoms with Gasteiger partial charge in [-0.15, -0.1) is 0 Å². The highest BCUT2D eigenvalue weighted by molar-refractivity contribution is 5.16. The quantitative estimate of drug-likeness (QED) is 0.829. The first-order chi connectivity index (χ1) is 9.33. The van der Waals surface area contributed by atoms with Gasteiger partial charge in [-0.3, -0.25) is 0 Å². The summed E-state index contributed by atoms with van der Waals surface area (Å²) in [4.78, 5) is 0. The first-order valence-electron chi connectivity index (χ1n) is 6.36. The van der Waals surface area contributed by atoms with E-state index in [0.29, 0.717) is 6.61 Å². The Bertz CT molecular complexity index is 410. The number of hydrogen-bond acceptors (Lipinski definition) is 5. The fraction of sp³-hybridized carbons (Fsp3) is 0.571. The Labute approximate surface area is 112 Å². The fourth-order valence-corrected chi connectivity index (χ4v) is 2.58. The summed E-state index contributed by atoms with van der Waals surface area (Å²) in [6.45, 7) is 0.476. The summed E-state index contributed by atoms with van der Waals surface area (Å²) in [5.41, 5.74) is 0.997. The van der Waals surface area contributed by atoms with Gasteiger partial charge >= 0.3 is 0 Å². The van der Waals surface area contributed by atoms with Gasteiger partial charge in [0.05, 0.1) is 6.61 Å². The van der Waals surface area contributed by atoms with Gasteiger partial charge in [0.25, 0.3) is 0 Å². The van der Waals surface area contributed by atoms with Crippen LogP contribution in [0.4, 0.5) is 0 Å². The highest BCUT2D eigenvalue weighted by Crippen LogP contribution is 2.35. The highest BCUT2D eigenvalue weighted by Gasteiger charge is 2.50. The molecule has 1 aromatic carbocycles. The lowest BCUT2D eigenvalue weighted by Crippen LogP contribution is -2.43. The normalized spacial score (nSPS) is 38.1. The number of benzene rings is 1. The molecule has 2 saturated heterocycles. The average Bonchev–Trinajstić information content (AvgIpc) is 2.84. The lowest BCUT2D eigenvalue weighted by Gasteiger charge is -2.33. The van der Waals surface area contributed by atoms with Gasteiger partial charge in [-0.2, -0.15) is 0 Å². The molecule has 0 aliphatic carbocycles. The molecule has 2 heterocycles. The summed E-state index contributed by atoms with van der Waals surface area (Å²) in [7, 11) is 3.24. The average molecular weight is 266 g/mol. The van der Waals surface area contributed by atoms with Crippen molar-refractivity contribution in [3.63, 3.8) is 0 Å². The molecule has 0 aromatic heterocycles. The zero-order valence-electron chi connectivity index (χ0n) is 11.0. The van der Waals surface area contributed by atoms with Crippen molar-refractivity contribution < 1.29 is 23.7 Å². The van der Waals surface area contributed by atoms with Crippen LogP contribution in [-0.4, -0.2) is 45.4 Å². The SMILES string of the molecule is CO[C@@H]1O[C@@H]2COC(c3ccccc3)O[C@@H]2[C@H]1OC. The minimum absolute atomic E-state index is 0.144. The van der Waals surface area contributed by atoms with E-state index in [-0.39, 0.29) is 24.6 Å². The summed E-state index contributed by atoms with van der Waals surface area (Å²) in [6.07, 6.45) is -1.33. The molecular formula is C14H18O5. The first kappa shape index (κ1) is 13.0. The van der Waals surface area contributed by atoms with E-state index in [0.717, 1.165) is 5.56 Å². The number of methoxy groups -OCH3 is 2. The predicted molar refractivity (Wildman–Crippen MR) is 66.5 cm³/mol. The molecule has 2 aliphatic heterocycles. The third kappa shape index (κ3) is 2.40. The van der Waals surface area contributed by atoms with Crippen molar-refractivity contribution in [1.82, 2.24) is 0 Å². The van der Waals surface area contributed by atoms with Crippen molar-refractivity contribution in [3.8, 4) is 0 Å². The Hall–Kier alpha value is -0.980. The number of ether oxygens (including phenoxy) is 5. The number of rotatable bonds is 3. The van der Waals surface area contributed by atoms with Crippen molar-refractivity contribution in [2.75, 3.05) is 20.8 Å². The van der Waals surface area contributed by atoms with E-state index in [1.54, 1.807) is 14.2 Å². The van der Waals surface area contributed by atoms with Crippen LogP contribution < -0.4 is 0 Å². The van der Waals surface area contributed by atoms with Crippen LogP contribution in [-0.2, 0) is 23.7 Å². The van der Waals surface area contributed by atoms with E-state index in [4.69, 9.17) is 23.7 Å². The third-order valence-corrected chi connectivity index (χ3v) is 3.54. The first-order valence-corrected chi connectivity index (χ1v) is 6.36. The number of hydrogen-bond donors (Lipinski definition) is 0. The Morgan fingerprint density at radius 1 is 1.05 bits per heavy atom. The molecule has 104 valence electrons. The molecule has 2 fully saturated rings. The highest BCUT2D eigenvalue weighted by atomic mass is 16.8. The van der Waals surface area contributed by atoms with Gasteiger partial charge in [0.2, 0.25) is 0 Å². The lowest BCUT2D eigenvalue weighted by atomic mass is 10.1. The molecule has 1 unspecified atom stereocenters. The molecule has 1 aromatic rings. The summed E-state index contributed by atoms with van der Waals surface area (Å²) in [5.74, 6) is 0. The van der Waals surface area contributed by atoms with E-state index < -0.39 is 6.29 Å². The van der Waals surface area contributed by atoms with Crippen LogP contribution >= 0.6 is 0 Å². The smallest absolute Gasteiger partial charge is 0.186 e. The second-order valence-corrected chi connectivity index (χ2v) is 4.66. The second-order valence-electron chi connectivity index (χ2n) is 4.66. The Morgan fingerprint density at radius 2 is 1.84 bits per heavy atom. The zero-order valence-corrected chi connectivity index (χ0v) is 11.0. The zero-order chi connectivity index (χ0) is 13.2. The standard InChI is InChI=1S/C14H18O5/c1-15-12-11-10(18-14(12)16-2)8-17-13(19-11)9-6-4-3-5-7-9/h3-7,10-14H,8H2,1-2H3/t10-,11+,12-,13?,14-/m1/s1. The monoisotopic (exact) mass is 266 g/mol. The van der Waals surface area contributed by atoms with Gasteiger partial charge in [-0.1, -0.05) is 30.3 Å². The van der Waals surface area contributed by atoms with Crippen LogP contribution in [0.3, 0.4) is 0 Å². The van der Waals surface area contributed by atoms with Crippen LogP contribution in [0.15, 0.2) is 30.3 Å². The van der Waals surface area contributed by atoms with Gasteiger partial charge in [0.15, 0.2) is 12.6 Å². The van der Waals surface area contributed by atoms with Crippen molar-refractivity contribution in [3.05, 3.63) is 35.9 Å². The molecule has 0 bridgehead atoms. The minimum atomic E-state index is -0.405. The topological polar surface area (TPSA) is 46.2 Å². The van der Waals surface area contributed by atoms with Crippen molar-refractivity contribution >= 4 is 0 Å². The van der Waals surface area contributed by atoms with Crippen LogP contribution in [0.5, 0.6) is 0 Å². The van der Waals surface area contributed by atoms with Crippen molar-refractivity contribution in [1.29, 1.82) is 0 Å². The summed E-state index contributed by atoms with van der Waals surface area (Å²) >= 11 is 0. The Morgan fingerprint density at radius 3 is 2.53 bits per heavy atom. The summed E-state index contributed by atoms with van der Waals surface area (Å²) in [5, 5.41) is 0. The van der Waals surface area contributed by atoms with Crippen LogP contribution in [0.25, 0.3) is 0 Å². The number of fused-ring (bicyclic) bond motifs is 1. The molecule has 5 atom stereocenters. The van der Waals surface area contributed by atoms with E-state index in [1.807, 2.05) is 30.3 Å². The molecule has 0 saturated carbocycles. The largest absolute Gasteiger partial charge is 0.373 e. The Kier molecular flexibility index (Phi) is 3.81. The minimum Gasteiger partial charge on any atom is -0.373 e. The van der Waals surface area contributed by atoms with E-state index in [2.05, 4.69) is 0 Å². The van der Waals surface area contributed by atoms with Gasteiger partial charge in [-0.25, -0.2) is 0 Å². The molecule has 0 amide bonds. The van der Waals surface area contributed by atoms with Gasteiger partial charge in [-0.05, 0) is 0 Å². The Balaban J connectivity index is 1.75. The van der Waals surface area contributed by atoms with E-state index in [9.17, 15) is 0 Å². The van der Waals surface area contributed by atoms with E-state index >= 15 is 0 Å². The third-order valence-electron chi connectivity index (χ3n) is 3.54. The van der Waals surface area contributed by atoms with Gasteiger partial charge in [0, 0.05) is 19.8 Å². The second kappa shape index (κ2) is 5.56. The van der Waals surface area contributed by atoms with Crippen molar-refractivity contribution in [2.45, 2.75) is 30.9 Å².